The maximum Gasteiger partial charge on any atom is 0.322 e. The molecule has 0 saturated heterocycles. The van der Waals surface area contributed by atoms with E-state index in [1.807, 2.05) is 56.2 Å². The van der Waals surface area contributed by atoms with Crippen LogP contribution in [0.5, 0.6) is 0 Å². The Morgan fingerprint density at radius 2 is 1.75 bits per heavy atom. The number of carbonyl (C=O) groups is 4. The summed E-state index contributed by atoms with van der Waals surface area (Å²) in [6, 6.07) is 3.66. The number of carbonyl (C=O) groups excluding carboxylic acids is 2. The molecule has 12 heteroatoms. The normalized spacial score (nSPS) is 12.4. The number of nitrogens with two attached hydrogens (primary N) is 1. The fraction of sp³-hybridized carbons (Fsp3) is 0.500. The topological polar surface area (TPSA) is 165 Å². The van der Waals surface area contributed by atoms with Crippen molar-refractivity contribution in [1.29, 1.82) is 0 Å². The molecule has 1 aromatic carbocycles. The van der Waals surface area contributed by atoms with Gasteiger partial charge in [-0.1, -0.05) is 0 Å². The van der Waals surface area contributed by atoms with Gasteiger partial charge in [-0.15, -0.1) is 11.8 Å². The van der Waals surface area contributed by atoms with Gasteiger partial charge >= 0.3 is 11.9 Å². The predicted octanol–water partition coefficient (Wildman–Crippen LogP) is -0.212. The molecule has 0 saturated carbocycles. The zero-order chi connectivity index (χ0) is 24.4. The largest absolute Gasteiger partial charge is 0.480 e. The lowest BCUT2D eigenvalue weighted by Gasteiger charge is -2.22. The van der Waals surface area contributed by atoms with Gasteiger partial charge in [-0.2, -0.15) is 0 Å². The molecule has 0 aromatic heterocycles. The summed E-state index contributed by atoms with van der Waals surface area (Å²) in [5.41, 5.74) is 7.29. The van der Waals surface area contributed by atoms with Gasteiger partial charge in [0.15, 0.2) is 0 Å². The van der Waals surface area contributed by atoms with Crippen LogP contribution in [0.3, 0.4) is 0 Å². The third kappa shape index (κ3) is 9.02. The number of hydrogen-bond donors (Lipinski definition) is 5. The molecule has 0 aliphatic heterocycles. The Kier molecular flexibility index (Phi) is 10.8. The Balaban J connectivity index is 2.97. The lowest BCUT2D eigenvalue weighted by Crippen LogP contribution is -2.49. The molecule has 0 unspecified atom stereocenters. The van der Waals surface area contributed by atoms with Crippen molar-refractivity contribution in [2.24, 2.45) is 5.73 Å². The first kappa shape index (κ1) is 27.0. The number of hydrogen-bond acceptors (Lipinski definition) is 8. The molecule has 0 bridgehead atoms. The standard InChI is InChI=1S/C20H31N5O6S/c1-24(2)12-5-7-15(25(3)4)16(9-12)32-11-14(19(29)22-10-18(27)28)23-17(26)8-6-13(21)20(30)31/h5,7,9,13-14H,6,8,10-11,21H2,1-4H3,(H,22,29)(H,23,26)(H,27,28)(H,30,31)/t13-,14-/m0/s1. The summed E-state index contributed by atoms with van der Waals surface area (Å²) in [5, 5.41) is 22.5. The Hall–Kier alpha value is -2.99. The van der Waals surface area contributed by atoms with Gasteiger partial charge in [0.1, 0.15) is 18.6 Å². The third-order valence-electron chi connectivity index (χ3n) is 4.41. The van der Waals surface area contributed by atoms with Gasteiger partial charge < -0.3 is 36.4 Å². The van der Waals surface area contributed by atoms with Gasteiger partial charge in [-0.25, -0.2) is 0 Å². The van der Waals surface area contributed by atoms with Crippen molar-refractivity contribution in [3.63, 3.8) is 0 Å². The molecule has 11 nitrogen and oxygen atoms in total. The molecule has 2 atom stereocenters. The van der Waals surface area contributed by atoms with Crippen LogP contribution in [0, 0.1) is 0 Å². The zero-order valence-corrected chi connectivity index (χ0v) is 19.4. The maximum absolute atomic E-state index is 12.5. The monoisotopic (exact) mass is 469 g/mol. The summed E-state index contributed by atoms with van der Waals surface area (Å²) in [6.07, 6.45) is -0.270. The van der Waals surface area contributed by atoms with E-state index >= 15 is 0 Å². The Labute approximate surface area is 191 Å². The molecule has 178 valence electrons. The first-order valence-corrected chi connectivity index (χ1v) is 10.8. The van der Waals surface area contributed by atoms with Gasteiger partial charge in [0.05, 0.1) is 5.69 Å². The van der Waals surface area contributed by atoms with Crippen molar-refractivity contribution in [2.75, 3.05) is 50.3 Å². The average molecular weight is 470 g/mol. The number of anilines is 2. The van der Waals surface area contributed by atoms with E-state index in [0.717, 1.165) is 16.3 Å². The minimum absolute atomic E-state index is 0.0898. The van der Waals surface area contributed by atoms with Crippen LogP contribution in [-0.2, 0) is 19.2 Å². The number of aliphatic carboxylic acids is 2. The summed E-state index contributed by atoms with van der Waals surface area (Å²) in [4.78, 5) is 51.1. The van der Waals surface area contributed by atoms with E-state index in [2.05, 4.69) is 10.6 Å². The number of rotatable bonds is 13. The van der Waals surface area contributed by atoms with Gasteiger partial charge in [0, 0.05) is 50.9 Å². The quantitative estimate of drug-likeness (QED) is 0.244. The molecule has 1 aromatic rings. The van der Waals surface area contributed by atoms with Crippen molar-refractivity contribution in [2.45, 2.75) is 29.8 Å². The molecular formula is C20H31N5O6S. The first-order valence-electron chi connectivity index (χ1n) is 9.81. The molecule has 0 fully saturated rings. The molecule has 0 aliphatic rings. The molecule has 0 aliphatic carbocycles. The van der Waals surface area contributed by atoms with Gasteiger partial charge in [-0.3, -0.25) is 19.2 Å². The van der Waals surface area contributed by atoms with E-state index in [1.54, 1.807) is 0 Å². The molecule has 32 heavy (non-hydrogen) atoms. The third-order valence-corrected chi connectivity index (χ3v) is 5.55. The number of carboxylic acids is 2. The molecule has 1 rings (SSSR count). The first-order chi connectivity index (χ1) is 14.9. The molecule has 0 radical (unpaired) electrons. The summed E-state index contributed by atoms with van der Waals surface area (Å²) in [6.45, 7) is -0.585. The van der Waals surface area contributed by atoms with Crippen LogP contribution >= 0.6 is 11.8 Å². The highest BCUT2D eigenvalue weighted by Gasteiger charge is 2.23. The van der Waals surface area contributed by atoms with Crippen LogP contribution in [0.15, 0.2) is 23.1 Å². The minimum Gasteiger partial charge on any atom is -0.480 e. The minimum atomic E-state index is -1.22. The fourth-order valence-corrected chi connectivity index (χ4v) is 3.77. The van der Waals surface area contributed by atoms with Crippen LogP contribution in [-0.4, -0.2) is 86.5 Å². The second-order valence-electron chi connectivity index (χ2n) is 7.47. The smallest absolute Gasteiger partial charge is 0.322 e. The van der Waals surface area contributed by atoms with Crippen molar-refractivity contribution in [1.82, 2.24) is 10.6 Å². The molecular weight excluding hydrogens is 438 g/mol. The van der Waals surface area contributed by atoms with Crippen LogP contribution in [0.4, 0.5) is 11.4 Å². The highest BCUT2D eigenvalue weighted by Crippen LogP contribution is 2.33. The number of nitrogens with one attached hydrogen (secondary N) is 2. The summed E-state index contributed by atoms with van der Waals surface area (Å²) < 4.78 is 0. The predicted molar refractivity (Wildman–Crippen MR) is 123 cm³/mol. The van der Waals surface area contributed by atoms with Gasteiger partial charge in [-0.05, 0) is 24.6 Å². The van der Waals surface area contributed by atoms with E-state index in [0.29, 0.717) is 0 Å². The number of thioether (sulfide) groups is 1. The lowest BCUT2D eigenvalue weighted by molar-refractivity contribution is -0.139. The van der Waals surface area contributed by atoms with E-state index in [4.69, 9.17) is 15.9 Å². The highest BCUT2D eigenvalue weighted by atomic mass is 32.2. The highest BCUT2D eigenvalue weighted by molar-refractivity contribution is 7.99. The molecule has 0 heterocycles. The Bertz CT molecular complexity index is 833. The summed E-state index contributed by atoms with van der Waals surface area (Å²) in [7, 11) is 7.59. The number of benzene rings is 1. The van der Waals surface area contributed by atoms with Crippen LogP contribution in [0.2, 0.25) is 0 Å². The Morgan fingerprint density at radius 1 is 1.09 bits per heavy atom. The van der Waals surface area contributed by atoms with E-state index in [9.17, 15) is 19.2 Å². The van der Waals surface area contributed by atoms with E-state index in [-0.39, 0.29) is 18.6 Å². The van der Waals surface area contributed by atoms with Gasteiger partial charge in [0.2, 0.25) is 11.8 Å². The molecule has 0 spiro atoms. The SMILES string of the molecule is CN(C)c1ccc(N(C)C)c(SC[C@H](NC(=O)CC[C@H](N)C(=O)O)C(=O)NCC(=O)O)c1. The van der Waals surface area contributed by atoms with Crippen LogP contribution in [0.25, 0.3) is 0 Å². The summed E-state index contributed by atoms with van der Waals surface area (Å²) in [5.74, 6) is -3.49. The van der Waals surface area contributed by atoms with Crippen molar-refractivity contribution in [3.8, 4) is 0 Å². The van der Waals surface area contributed by atoms with Crippen molar-refractivity contribution >= 4 is 46.9 Å². The second kappa shape index (κ2) is 12.8. The van der Waals surface area contributed by atoms with Gasteiger partial charge in [0.25, 0.3) is 0 Å². The van der Waals surface area contributed by atoms with Crippen LogP contribution in [0.1, 0.15) is 12.8 Å². The van der Waals surface area contributed by atoms with E-state index in [1.165, 1.54) is 11.8 Å². The van der Waals surface area contributed by atoms with Crippen molar-refractivity contribution in [3.05, 3.63) is 18.2 Å². The van der Waals surface area contributed by atoms with E-state index < -0.39 is 42.4 Å². The summed E-state index contributed by atoms with van der Waals surface area (Å²) >= 11 is 1.34. The Morgan fingerprint density at radius 3 is 2.28 bits per heavy atom. The maximum atomic E-state index is 12.5. The fourth-order valence-electron chi connectivity index (χ4n) is 2.58. The zero-order valence-electron chi connectivity index (χ0n) is 18.6. The lowest BCUT2D eigenvalue weighted by atomic mass is 10.1. The number of nitrogens with zero attached hydrogens (tertiary/aromatic N) is 2. The number of amides is 2. The second-order valence-corrected chi connectivity index (χ2v) is 8.53. The molecule has 6 N–H and O–H groups in total. The van der Waals surface area contributed by atoms with Crippen molar-refractivity contribution < 1.29 is 29.4 Å². The molecule has 2 amide bonds. The average Bonchev–Trinajstić information content (AvgIpc) is 2.72. The number of carboxylic acid groups (broad SMARTS) is 2. The van der Waals surface area contributed by atoms with Crippen LogP contribution < -0.4 is 26.2 Å².